The number of amides is 1. The zero-order valence-corrected chi connectivity index (χ0v) is 26.4. The number of halogens is 3. The number of ether oxygens (including phenoxy) is 1. The number of hydrogen-bond donors (Lipinski definition) is 1. The molecule has 0 radical (unpaired) electrons. The smallest absolute Gasteiger partial charge is 0.243 e. The molecule has 1 N–H and O–H groups in total. The van der Waals surface area contributed by atoms with E-state index in [1.165, 1.54) is 18.2 Å². The fourth-order valence-electron chi connectivity index (χ4n) is 6.31. The molecule has 3 atom stereocenters. The molecule has 0 spiro atoms. The van der Waals surface area contributed by atoms with Crippen molar-refractivity contribution in [1.29, 1.82) is 5.26 Å². The van der Waals surface area contributed by atoms with Crippen LogP contribution in [0.15, 0.2) is 77.2 Å². The number of likely N-dealkylation sites (N-methyl/N-ethyl adjacent to an activating group) is 1. The molecular weight excluding hydrogens is 610 g/mol. The first-order valence-corrected chi connectivity index (χ1v) is 15.7. The summed E-state index contributed by atoms with van der Waals surface area (Å²) in [6.07, 6.45) is 6.79. The summed E-state index contributed by atoms with van der Waals surface area (Å²) in [4.78, 5) is 24.4. The number of dihydropyridines is 1. The summed E-state index contributed by atoms with van der Waals surface area (Å²) in [5, 5.41) is 14.2. The quantitative estimate of drug-likeness (QED) is 0.182. The van der Waals surface area contributed by atoms with Gasteiger partial charge in [0.15, 0.2) is 0 Å². The molecule has 2 aliphatic heterocycles. The molecule has 2 aromatic rings. The van der Waals surface area contributed by atoms with Crippen molar-refractivity contribution in [1.82, 2.24) is 15.1 Å². The highest BCUT2D eigenvalue weighted by Crippen LogP contribution is 2.43. The molecular formula is C35H35ClF2N6O2. The van der Waals surface area contributed by atoms with Crippen molar-refractivity contribution in [3.05, 3.63) is 100 Å². The van der Waals surface area contributed by atoms with Gasteiger partial charge in [-0.05, 0) is 61.7 Å². The van der Waals surface area contributed by atoms with Gasteiger partial charge in [0.05, 0.1) is 11.1 Å². The van der Waals surface area contributed by atoms with Crippen LogP contribution in [0.3, 0.4) is 0 Å². The van der Waals surface area contributed by atoms with E-state index in [0.717, 1.165) is 19.4 Å². The molecule has 3 aliphatic rings. The van der Waals surface area contributed by atoms with E-state index in [0.29, 0.717) is 48.2 Å². The van der Waals surface area contributed by atoms with Gasteiger partial charge in [-0.1, -0.05) is 42.4 Å². The van der Waals surface area contributed by atoms with E-state index in [2.05, 4.69) is 27.7 Å². The van der Waals surface area contributed by atoms with Crippen LogP contribution >= 0.6 is 11.6 Å². The van der Waals surface area contributed by atoms with Gasteiger partial charge in [0.1, 0.15) is 29.9 Å². The molecule has 8 nitrogen and oxygen atoms in total. The zero-order chi connectivity index (χ0) is 32.8. The molecule has 1 aliphatic carbocycles. The Labute approximate surface area is 272 Å². The molecule has 238 valence electrons. The van der Waals surface area contributed by atoms with Crippen LogP contribution in [-0.2, 0) is 9.53 Å². The van der Waals surface area contributed by atoms with Gasteiger partial charge in [0, 0.05) is 54.7 Å². The maximum atomic E-state index is 16.3. The largest absolute Gasteiger partial charge is 0.475 e. The lowest BCUT2D eigenvalue weighted by molar-refractivity contribution is -0.116. The van der Waals surface area contributed by atoms with Gasteiger partial charge in [-0.2, -0.15) is 5.26 Å². The van der Waals surface area contributed by atoms with Gasteiger partial charge in [-0.25, -0.2) is 20.3 Å². The topological polar surface area (TPSA) is 85.3 Å². The van der Waals surface area contributed by atoms with Crippen molar-refractivity contribution < 1.29 is 18.3 Å². The number of rotatable bonds is 11. The number of fused-ring (bicyclic) bond motifs is 2. The Kier molecular flexibility index (Phi) is 10.5. The molecule has 2 aromatic carbocycles. The monoisotopic (exact) mass is 644 g/mol. The Bertz CT molecular complexity index is 1740. The van der Waals surface area contributed by atoms with E-state index in [1.807, 2.05) is 11.9 Å². The SMILES string of the molecule is [C-]#[N+]CCCN(CCNC(=O)C=C)C1=C(C#N)C(OC[C@@H]2CCCN2C)=NC2C=C(c3cccc4ccc(F)c(Cl)c34)C(F)=CC12. The summed E-state index contributed by atoms with van der Waals surface area (Å²) in [6.45, 7) is 13.2. The van der Waals surface area contributed by atoms with Crippen LogP contribution < -0.4 is 5.32 Å². The molecule has 1 saturated heterocycles. The minimum Gasteiger partial charge on any atom is -0.475 e. The van der Waals surface area contributed by atoms with E-state index in [-0.39, 0.29) is 47.1 Å². The minimum absolute atomic E-state index is 0.0966. The fourth-order valence-corrected chi connectivity index (χ4v) is 6.59. The van der Waals surface area contributed by atoms with Gasteiger partial charge >= 0.3 is 0 Å². The van der Waals surface area contributed by atoms with Crippen molar-refractivity contribution in [3.8, 4) is 6.07 Å². The summed E-state index contributed by atoms with van der Waals surface area (Å²) in [6, 6.07) is 9.91. The predicted molar refractivity (Wildman–Crippen MR) is 176 cm³/mol. The summed E-state index contributed by atoms with van der Waals surface area (Å²) >= 11 is 6.42. The normalized spacial score (nSPS) is 21.0. The van der Waals surface area contributed by atoms with Crippen molar-refractivity contribution >= 4 is 39.8 Å². The third kappa shape index (κ3) is 6.84. The van der Waals surface area contributed by atoms with Gasteiger partial charge in [-0.3, -0.25) is 4.79 Å². The number of nitrogens with zero attached hydrogens (tertiary/aromatic N) is 5. The van der Waals surface area contributed by atoms with E-state index in [9.17, 15) is 14.4 Å². The number of allylic oxidation sites excluding steroid dienone is 2. The van der Waals surface area contributed by atoms with Gasteiger partial charge < -0.3 is 24.7 Å². The molecule has 2 unspecified atom stereocenters. The lowest BCUT2D eigenvalue weighted by atomic mass is 9.81. The summed E-state index contributed by atoms with van der Waals surface area (Å²) in [5.41, 5.74) is 1.35. The highest BCUT2D eigenvalue weighted by atomic mass is 35.5. The average Bonchev–Trinajstić information content (AvgIpc) is 3.47. The first-order valence-electron chi connectivity index (χ1n) is 15.3. The zero-order valence-electron chi connectivity index (χ0n) is 25.6. The van der Waals surface area contributed by atoms with Crippen LogP contribution in [0.1, 0.15) is 24.8 Å². The fraction of sp³-hybridized carbons (Fsp3) is 0.371. The highest BCUT2D eigenvalue weighted by Gasteiger charge is 2.39. The van der Waals surface area contributed by atoms with Crippen molar-refractivity contribution in [2.75, 3.05) is 46.4 Å². The minimum atomic E-state index is -0.676. The van der Waals surface area contributed by atoms with Crippen molar-refractivity contribution in [2.45, 2.75) is 31.3 Å². The van der Waals surface area contributed by atoms with Crippen molar-refractivity contribution in [2.24, 2.45) is 10.9 Å². The lowest BCUT2D eigenvalue weighted by Crippen LogP contribution is -2.42. The maximum absolute atomic E-state index is 16.3. The predicted octanol–water partition coefficient (Wildman–Crippen LogP) is 6.08. The molecule has 0 aromatic heterocycles. The van der Waals surface area contributed by atoms with E-state index in [4.69, 9.17) is 27.9 Å². The van der Waals surface area contributed by atoms with Gasteiger partial charge in [-0.15, -0.1) is 0 Å². The third-order valence-electron chi connectivity index (χ3n) is 8.67. The number of benzene rings is 2. The Morgan fingerprint density at radius 2 is 2.15 bits per heavy atom. The Morgan fingerprint density at radius 3 is 2.87 bits per heavy atom. The Morgan fingerprint density at radius 1 is 1.33 bits per heavy atom. The van der Waals surface area contributed by atoms with Crippen LogP contribution in [0.2, 0.25) is 5.02 Å². The molecule has 1 fully saturated rings. The van der Waals surface area contributed by atoms with Crippen LogP contribution in [0.25, 0.3) is 21.2 Å². The van der Waals surface area contributed by atoms with Crippen LogP contribution in [0.5, 0.6) is 0 Å². The van der Waals surface area contributed by atoms with Crippen LogP contribution in [-0.4, -0.2) is 80.1 Å². The van der Waals surface area contributed by atoms with Crippen LogP contribution in [0.4, 0.5) is 8.78 Å². The number of carbonyl (C=O) groups excluding carboxylic acids is 1. The van der Waals surface area contributed by atoms with Crippen molar-refractivity contribution in [3.63, 3.8) is 0 Å². The summed E-state index contributed by atoms with van der Waals surface area (Å²) in [5.74, 6) is -2.02. The Balaban J connectivity index is 1.60. The molecule has 11 heteroatoms. The molecule has 5 rings (SSSR count). The molecule has 2 heterocycles. The summed E-state index contributed by atoms with van der Waals surface area (Å²) in [7, 11) is 2.03. The van der Waals surface area contributed by atoms with Crippen LogP contribution in [0, 0.1) is 29.6 Å². The molecule has 1 amide bonds. The second-order valence-corrected chi connectivity index (χ2v) is 11.9. The summed E-state index contributed by atoms with van der Waals surface area (Å²) < 4.78 is 37.1. The molecule has 46 heavy (non-hydrogen) atoms. The second kappa shape index (κ2) is 14.7. The number of likely N-dealkylation sites (tertiary alicyclic amines) is 1. The van der Waals surface area contributed by atoms with Gasteiger partial charge in [0.2, 0.25) is 18.3 Å². The highest BCUT2D eigenvalue weighted by molar-refractivity contribution is 6.36. The first kappa shape index (κ1) is 32.9. The second-order valence-electron chi connectivity index (χ2n) is 11.5. The van der Waals surface area contributed by atoms with E-state index < -0.39 is 23.6 Å². The maximum Gasteiger partial charge on any atom is 0.243 e. The third-order valence-corrected chi connectivity index (χ3v) is 9.04. The average molecular weight is 645 g/mol. The number of nitrogens with one attached hydrogen (secondary N) is 1. The number of aliphatic imine (C=N–C) groups is 1. The number of hydrogen-bond acceptors (Lipinski definition) is 6. The van der Waals surface area contributed by atoms with E-state index >= 15 is 4.39 Å². The van der Waals surface area contributed by atoms with Gasteiger partial charge in [0.25, 0.3) is 0 Å². The van der Waals surface area contributed by atoms with E-state index in [1.54, 1.807) is 30.3 Å². The lowest BCUT2D eigenvalue weighted by Gasteiger charge is -2.38. The standard InChI is InChI=1S/C35H35ClF2N6O2/c1-4-31(45)41-14-17-44(16-7-13-40-2)34-26-18-29(38)25(24-10-5-8-22-11-12-28(37)33(36)32(22)24)19-30(26)42-35(27(34)20-39)46-21-23-9-6-15-43(23)3/h4-5,8,10-12,18-19,23,26,30H,1,6-7,9,13-17,21H2,3H3,(H,41,45)/t23-,26?,30?/m0/s1. The first-order chi connectivity index (χ1) is 22.3. The molecule has 0 saturated carbocycles. The Hall–Kier alpha value is -4.51. The molecule has 0 bridgehead atoms. The number of carbonyl (C=O) groups is 1. The number of nitriles is 1.